The molecule has 2 rings (SSSR count). The van der Waals surface area contributed by atoms with E-state index < -0.39 is 0 Å². The second kappa shape index (κ2) is 6.58. The van der Waals surface area contributed by atoms with Crippen molar-refractivity contribution in [3.8, 4) is 0 Å². The molecule has 19 heavy (non-hydrogen) atoms. The first kappa shape index (κ1) is 15.3. The van der Waals surface area contributed by atoms with Gasteiger partial charge in [0.2, 0.25) is 0 Å². The third kappa shape index (κ3) is 3.95. The molecule has 112 valence electrons. The third-order valence-corrected chi connectivity index (χ3v) is 5.24. The van der Waals surface area contributed by atoms with Crippen LogP contribution < -0.4 is 5.32 Å². The zero-order valence-electron chi connectivity index (χ0n) is 13.7. The van der Waals surface area contributed by atoms with Gasteiger partial charge in [-0.1, -0.05) is 47.5 Å². The molecule has 3 unspecified atom stereocenters. The van der Waals surface area contributed by atoms with Gasteiger partial charge in [-0.3, -0.25) is 4.90 Å². The molecule has 2 heteroatoms. The lowest BCUT2D eigenvalue weighted by molar-refractivity contribution is 0.0380. The maximum atomic E-state index is 3.79. The molecule has 0 bridgehead atoms. The smallest absolute Gasteiger partial charge is 0.0247 e. The Morgan fingerprint density at radius 2 is 1.79 bits per heavy atom. The standard InChI is InChI=1S/C17H34N2/c1-6-15(9-14-7-8-14)19-11-16(12(2)3)18-10-17(19)13(4)5/h12-18H,6-11H2,1-5H3. The summed E-state index contributed by atoms with van der Waals surface area (Å²) in [4.78, 5) is 2.87. The van der Waals surface area contributed by atoms with Crippen LogP contribution in [-0.2, 0) is 0 Å². The molecular formula is C17H34N2. The van der Waals surface area contributed by atoms with Gasteiger partial charge in [0.05, 0.1) is 0 Å². The lowest BCUT2D eigenvalue weighted by atomic mass is 9.91. The van der Waals surface area contributed by atoms with Crippen molar-refractivity contribution in [3.05, 3.63) is 0 Å². The minimum Gasteiger partial charge on any atom is -0.311 e. The summed E-state index contributed by atoms with van der Waals surface area (Å²) < 4.78 is 0. The molecule has 2 aliphatic rings. The van der Waals surface area contributed by atoms with Crippen LogP contribution in [0.1, 0.15) is 60.3 Å². The van der Waals surface area contributed by atoms with Crippen LogP contribution in [0.25, 0.3) is 0 Å². The normalized spacial score (nSPS) is 31.1. The Kier molecular flexibility index (Phi) is 5.30. The molecule has 0 radical (unpaired) electrons. The monoisotopic (exact) mass is 266 g/mol. The van der Waals surface area contributed by atoms with E-state index in [1.165, 1.54) is 38.8 Å². The van der Waals surface area contributed by atoms with Gasteiger partial charge in [-0.25, -0.2) is 0 Å². The largest absolute Gasteiger partial charge is 0.311 e. The van der Waals surface area contributed by atoms with Crippen molar-refractivity contribution in [2.45, 2.75) is 78.4 Å². The van der Waals surface area contributed by atoms with E-state index in [0.717, 1.165) is 29.8 Å². The Labute approximate surface area is 120 Å². The van der Waals surface area contributed by atoms with Crippen molar-refractivity contribution in [2.75, 3.05) is 13.1 Å². The van der Waals surface area contributed by atoms with Crippen molar-refractivity contribution in [1.82, 2.24) is 10.2 Å². The molecule has 0 spiro atoms. The average molecular weight is 266 g/mol. The lowest BCUT2D eigenvalue weighted by Gasteiger charge is -2.47. The summed E-state index contributed by atoms with van der Waals surface area (Å²) in [6.45, 7) is 14.3. The number of nitrogens with one attached hydrogen (secondary N) is 1. The second-order valence-corrected chi connectivity index (χ2v) is 7.51. The van der Waals surface area contributed by atoms with E-state index in [9.17, 15) is 0 Å². The van der Waals surface area contributed by atoms with Gasteiger partial charge in [-0.15, -0.1) is 0 Å². The molecule has 1 heterocycles. The van der Waals surface area contributed by atoms with Crippen molar-refractivity contribution in [2.24, 2.45) is 17.8 Å². The molecule has 2 fully saturated rings. The zero-order valence-corrected chi connectivity index (χ0v) is 13.7. The molecule has 1 saturated heterocycles. The van der Waals surface area contributed by atoms with Gasteiger partial charge in [0.15, 0.2) is 0 Å². The van der Waals surface area contributed by atoms with Gasteiger partial charge in [0.25, 0.3) is 0 Å². The van der Waals surface area contributed by atoms with E-state index in [1.54, 1.807) is 0 Å². The molecule has 0 aromatic heterocycles. The van der Waals surface area contributed by atoms with Crippen LogP contribution in [0.3, 0.4) is 0 Å². The molecule has 1 saturated carbocycles. The number of rotatable bonds is 6. The van der Waals surface area contributed by atoms with E-state index in [2.05, 4.69) is 44.8 Å². The molecule has 2 nitrogen and oxygen atoms in total. The molecule has 1 aliphatic heterocycles. The first-order chi connectivity index (χ1) is 9.02. The van der Waals surface area contributed by atoms with Gasteiger partial charge < -0.3 is 5.32 Å². The molecular weight excluding hydrogens is 232 g/mol. The van der Waals surface area contributed by atoms with Crippen LogP contribution in [0.15, 0.2) is 0 Å². The van der Waals surface area contributed by atoms with E-state index in [4.69, 9.17) is 0 Å². The third-order valence-electron chi connectivity index (χ3n) is 5.24. The zero-order chi connectivity index (χ0) is 14.0. The molecule has 0 aromatic carbocycles. The molecule has 0 aromatic rings. The van der Waals surface area contributed by atoms with E-state index >= 15 is 0 Å². The van der Waals surface area contributed by atoms with Gasteiger partial charge >= 0.3 is 0 Å². The Morgan fingerprint density at radius 3 is 2.26 bits per heavy atom. The summed E-state index contributed by atoms with van der Waals surface area (Å²) in [5.41, 5.74) is 0. The number of nitrogens with zero attached hydrogens (tertiary/aromatic N) is 1. The Morgan fingerprint density at radius 1 is 1.11 bits per heavy atom. The van der Waals surface area contributed by atoms with Crippen LogP contribution >= 0.6 is 0 Å². The second-order valence-electron chi connectivity index (χ2n) is 7.51. The highest BCUT2D eigenvalue weighted by Gasteiger charge is 2.36. The quantitative estimate of drug-likeness (QED) is 0.791. The summed E-state index contributed by atoms with van der Waals surface area (Å²) in [5, 5.41) is 3.79. The van der Waals surface area contributed by atoms with Crippen LogP contribution in [-0.4, -0.2) is 36.1 Å². The number of hydrogen-bond acceptors (Lipinski definition) is 2. The summed E-state index contributed by atoms with van der Waals surface area (Å²) in [7, 11) is 0. The average Bonchev–Trinajstić information content (AvgIpc) is 3.19. The van der Waals surface area contributed by atoms with Gasteiger partial charge in [-0.2, -0.15) is 0 Å². The Hall–Kier alpha value is -0.0800. The van der Waals surface area contributed by atoms with Crippen LogP contribution in [0.4, 0.5) is 0 Å². The van der Waals surface area contributed by atoms with Crippen LogP contribution in [0, 0.1) is 17.8 Å². The predicted octanol–water partition coefficient (Wildman–Crippen LogP) is 3.52. The summed E-state index contributed by atoms with van der Waals surface area (Å²) in [5.74, 6) is 2.55. The first-order valence-corrected chi connectivity index (χ1v) is 8.52. The minimum atomic E-state index is 0.684. The van der Waals surface area contributed by atoms with Crippen LogP contribution in [0.2, 0.25) is 0 Å². The molecule has 1 aliphatic carbocycles. The lowest BCUT2D eigenvalue weighted by Crippen LogP contribution is -2.62. The van der Waals surface area contributed by atoms with Crippen molar-refractivity contribution < 1.29 is 0 Å². The minimum absolute atomic E-state index is 0.684. The molecule has 1 N–H and O–H groups in total. The fraction of sp³-hybridized carbons (Fsp3) is 1.00. The number of hydrogen-bond donors (Lipinski definition) is 1. The first-order valence-electron chi connectivity index (χ1n) is 8.52. The summed E-state index contributed by atoms with van der Waals surface area (Å²) >= 11 is 0. The van der Waals surface area contributed by atoms with Gasteiger partial charge in [0, 0.05) is 31.2 Å². The maximum absolute atomic E-state index is 3.79. The van der Waals surface area contributed by atoms with E-state index in [1.807, 2.05) is 0 Å². The van der Waals surface area contributed by atoms with Crippen LogP contribution in [0.5, 0.6) is 0 Å². The topological polar surface area (TPSA) is 15.3 Å². The Balaban J connectivity index is 2.04. The highest BCUT2D eigenvalue weighted by Crippen LogP contribution is 2.36. The van der Waals surface area contributed by atoms with Crippen molar-refractivity contribution in [1.29, 1.82) is 0 Å². The molecule has 3 atom stereocenters. The predicted molar refractivity (Wildman–Crippen MR) is 83.4 cm³/mol. The van der Waals surface area contributed by atoms with Crippen molar-refractivity contribution in [3.63, 3.8) is 0 Å². The SMILES string of the molecule is CCC(CC1CC1)N1CC(C(C)C)NCC1C(C)C. The van der Waals surface area contributed by atoms with E-state index in [-0.39, 0.29) is 0 Å². The molecule has 0 amide bonds. The number of piperazine rings is 1. The Bertz CT molecular complexity index is 270. The fourth-order valence-electron chi connectivity index (χ4n) is 3.58. The van der Waals surface area contributed by atoms with E-state index in [0.29, 0.717) is 6.04 Å². The van der Waals surface area contributed by atoms with Gasteiger partial charge in [-0.05, 0) is 30.6 Å². The fourth-order valence-corrected chi connectivity index (χ4v) is 3.58. The highest BCUT2D eigenvalue weighted by molar-refractivity contribution is 4.93. The summed E-state index contributed by atoms with van der Waals surface area (Å²) in [6.07, 6.45) is 5.75. The highest BCUT2D eigenvalue weighted by atomic mass is 15.3. The van der Waals surface area contributed by atoms with Crippen molar-refractivity contribution >= 4 is 0 Å². The summed E-state index contributed by atoms with van der Waals surface area (Å²) in [6, 6.07) is 2.24. The van der Waals surface area contributed by atoms with Gasteiger partial charge in [0.1, 0.15) is 0 Å². The maximum Gasteiger partial charge on any atom is 0.0247 e.